The number of aromatic amines is 3. The summed E-state index contributed by atoms with van der Waals surface area (Å²) in [5.41, 5.74) is 0.842. The highest BCUT2D eigenvalue weighted by Crippen LogP contribution is 2.18. The first-order valence-corrected chi connectivity index (χ1v) is 9.79. The third kappa shape index (κ3) is 4.88. The monoisotopic (exact) mass is 387 g/mol. The summed E-state index contributed by atoms with van der Waals surface area (Å²) in [5.74, 6) is 1.11. The van der Waals surface area contributed by atoms with Crippen molar-refractivity contribution >= 4 is 12.7 Å². The van der Waals surface area contributed by atoms with Gasteiger partial charge in [-0.1, -0.05) is 20.4 Å². The minimum atomic E-state index is -0.410. The number of morpholine rings is 1. The number of hydrogen-bond acceptors (Lipinski definition) is 5. The zero-order chi connectivity index (χ0) is 20.3. The Bertz CT molecular complexity index is 1030. The Morgan fingerprint density at radius 1 is 1.29 bits per heavy atom. The molecule has 28 heavy (non-hydrogen) atoms. The highest BCUT2D eigenvalue weighted by Gasteiger charge is 2.17. The standard InChI is InChI=1S/C20H29N5O3/c1-12(2)18-15(10-16-20(27)21-14(4)19(26)23-16)22-17(24-18)6-5-7-25-8-9-28-13(3)11-25/h10,12-13H,4-9,11H2,1-3H3,(H,21,27)(H,22,24)(H,23,26)/t13-/m0/s1. The molecular weight excluding hydrogens is 358 g/mol. The zero-order valence-electron chi connectivity index (χ0n) is 16.8. The fourth-order valence-electron chi connectivity index (χ4n) is 3.44. The van der Waals surface area contributed by atoms with Gasteiger partial charge in [-0.15, -0.1) is 0 Å². The molecule has 1 aliphatic heterocycles. The molecule has 2 aromatic heterocycles. The molecule has 3 rings (SSSR count). The van der Waals surface area contributed by atoms with Crippen LogP contribution in [0.4, 0.5) is 0 Å². The van der Waals surface area contributed by atoms with E-state index in [0.717, 1.165) is 50.6 Å². The van der Waals surface area contributed by atoms with Gasteiger partial charge in [0, 0.05) is 25.2 Å². The molecule has 8 heteroatoms. The minimum Gasteiger partial charge on any atom is -0.376 e. The molecule has 0 aliphatic carbocycles. The van der Waals surface area contributed by atoms with Crippen molar-refractivity contribution in [3.63, 3.8) is 0 Å². The van der Waals surface area contributed by atoms with Gasteiger partial charge in [0.15, 0.2) is 0 Å². The van der Waals surface area contributed by atoms with Crippen LogP contribution in [0.3, 0.4) is 0 Å². The molecule has 8 nitrogen and oxygen atoms in total. The fraction of sp³-hybridized carbons (Fsp3) is 0.550. The van der Waals surface area contributed by atoms with Crippen LogP contribution in [-0.4, -0.2) is 57.2 Å². The molecule has 0 unspecified atom stereocenters. The van der Waals surface area contributed by atoms with Crippen LogP contribution in [0.5, 0.6) is 0 Å². The van der Waals surface area contributed by atoms with Gasteiger partial charge in [-0.2, -0.15) is 0 Å². The second-order valence-electron chi connectivity index (χ2n) is 7.67. The van der Waals surface area contributed by atoms with E-state index in [4.69, 9.17) is 4.74 Å². The van der Waals surface area contributed by atoms with E-state index in [1.165, 1.54) is 0 Å². The summed E-state index contributed by atoms with van der Waals surface area (Å²) in [6, 6.07) is 0. The van der Waals surface area contributed by atoms with Crippen molar-refractivity contribution in [3.05, 3.63) is 48.6 Å². The lowest BCUT2D eigenvalue weighted by molar-refractivity contribution is -0.0184. The Morgan fingerprint density at radius 3 is 2.79 bits per heavy atom. The van der Waals surface area contributed by atoms with Gasteiger partial charge in [0.25, 0.3) is 11.1 Å². The second kappa shape index (κ2) is 8.70. The summed E-state index contributed by atoms with van der Waals surface area (Å²) in [4.78, 5) is 39.4. The van der Waals surface area contributed by atoms with Gasteiger partial charge in [0.1, 0.15) is 11.2 Å². The number of hydrogen-bond donors (Lipinski definition) is 3. The smallest absolute Gasteiger partial charge is 0.272 e. The summed E-state index contributed by atoms with van der Waals surface area (Å²) in [5, 5.41) is 0.228. The van der Waals surface area contributed by atoms with Crippen molar-refractivity contribution in [3.8, 4) is 0 Å². The number of H-pyrrole nitrogens is 3. The lowest BCUT2D eigenvalue weighted by Crippen LogP contribution is -2.46. The normalized spacial score (nSPS) is 18.9. The maximum atomic E-state index is 12.1. The highest BCUT2D eigenvalue weighted by atomic mass is 16.5. The average Bonchev–Trinajstić information content (AvgIpc) is 3.03. The Kier molecular flexibility index (Phi) is 6.31. The molecule has 0 amide bonds. The number of nitrogens with zero attached hydrogens (tertiary/aromatic N) is 2. The molecule has 1 saturated heterocycles. The molecular formula is C20H29N5O3. The molecule has 2 aromatic rings. The van der Waals surface area contributed by atoms with E-state index in [1.54, 1.807) is 6.08 Å². The number of nitrogens with one attached hydrogen (secondary N) is 3. The van der Waals surface area contributed by atoms with Gasteiger partial charge in [0.05, 0.1) is 23.8 Å². The third-order valence-electron chi connectivity index (χ3n) is 4.91. The third-order valence-corrected chi connectivity index (χ3v) is 4.91. The van der Waals surface area contributed by atoms with Gasteiger partial charge >= 0.3 is 0 Å². The van der Waals surface area contributed by atoms with Gasteiger partial charge < -0.3 is 19.7 Å². The van der Waals surface area contributed by atoms with Gasteiger partial charge in [-0.25, -0.2) is 4.98 Å². The number of rotatable bonds is 6. The van der Waals surface area contributed by atoms with E-state index in [1.807, 2.05) is 0 Å². The summed E-state index contributed by atoms with van der Waals surface area (Å²) in [6.07, 6.45) is 3.73. The van der Waals surface area contributed by atoms with E-state index in [0.29, 0.717) is 5.69 Å². The quantitative estimate of drug-likeness (QED) is 0.637. The first-order chi connectivity index (χ1) is 13.3. The minimum absolute atomic E-state index is 0.0476. The zero-order valence-corrected chi connectivity index (χ0v) is 16.8. The molecule has 3 N–H and O–H groups in total. The van der Waals surface area contributed by atoms with Gasteiger partial charge in [-0.05, 0) is 31.9 Å². The van der Waals surface area contributed by atoms with Crippen molar-refractivity contribution < 1.29 is 4.74 Å². The van der Waals surface area contributed by atoms with Crippen molar-refractivity contribution in [2.45, 2.75) is 45.6 Å². The van der Waals surface area contributed by atoms with E-state index < -0.39 is 5.56 Å². The van der Waals surface area contributed by atoms with Crippen LogP contribution in [0, 0.1) is 0 Å². The Morgan fingerprint density at radius 2 is 2.07 bits per heavy atom. The summed E-state index contributed by atoms with van der Waals surface area (Å²) in [6.45, 7) is 13.5. The molecule has 0 aromatic carbocycles. The van der Waals surface area contributed by atoms with Crippen LogP contribution < -0.4 is 21.8 Å². The molecule has 152 valence electrons. The topological polar surface area (TPSA) is 107 Å². The van der Waals surface area contributed by atoms with Crippen molar-refractivity contribution in [2.75, 3.05) is 26.2 Å². The van der Waals surface area contributed by atoms with Crippen LogP contribution in [0.2, 0.25) is 0 Å². The molecule has 0 saturated carbocycles. The van der Waals surface area contributed by atoms with Gasteiger partial charge in [0.2, 0.25) is 0 Å². The molecule has 1 fully saturated rings. The molecule has 0 bridgehead atoms. The molecule has 0 spiro atoms. The van der Waals surface area contributed by atoms with E-state index in [9.17, 15) is 9.59 Å². The van der Waals surface area contributed by atoms with Crippen LogP contribution in [0.15, 0.2) is 9.59 Å². The number of imidazole rings is 1. The van der Waals surface area contributed by atoms with Gasteiger partial charge in [-0.3, -0.25) is 14.5 Å². The SMILES string of the molecule is C=c1[nH]c(=O)c(=Cc2nc(CCCN3CCO[C@@H](C)C3)[nH]c2C(C)C)[nH]c1=O. The largest absolute Gasteiger partial charge is 0.376 e. The van der Waals surface area contributed by atoms with Crippen LogP contribution in [-0.2, 0) is 11.2 Å². The lowest BCUT2D eigenvalue weighted by Gasteiger charge is -2.30. The number of ether oxygens (including phenoxy) is 1. The maximum Gasteiger partial charge on any atom is 0.272 e. The molecule has 0 radical (unpaired) electrons. The number of aryl methyl sites for hydroxylation is 1. The van der Waals surface area contributed by atoms with Crippen molar-refractivity contribution in [1.82, 2.24) is 24.8 Å². The summed E-state index contributed by atoms with van der Waals surface area (Å²) < 4.78 is 5.58. The van der Waals surface area contributed by atoms with Crippen LogP contribution >= 0.6 is 0 Å². The van der Waals surface area contributed by atoms with Crippen LogP contribution in [0.1, 0.15) is 50.3 Å². The molecule has 1 aliphatic rings. The summed E-state index contributed by atoms with van der Waals surface area (Å²) in [7, 11) is 0. The Balaban J connectivity index is 1.78. The predicted octanol–water partition coefficient (Wildman–Crippen LogP) is -0.198. The first-order valence-electron chi connectivity index (χ1n) is 9.79. The summed E-state index contributed by atoms with van der Waals surface area (Å²) >= 11 is 0. The second-order valence-corrected chi connectivity index (χ2v) is 7.67. The molecule has 3 heterocycles. The fourth-order valence-corrected chi connectivity index (χ4v) is 3.44. The number of aromatic nitrogens is 4. The average molecular weight is 387 g/mol. The maximum absolute atomic E-state index is 12.1. The van der Waals surface area contributed by atoms with E-state index in [2.05, 4.69) is 52.2 Å². The van der Waals surface area contributed by atoms with Crippen LogP contribution in [0.25, 0.3) is 12.7 Å². The van der Waals surface area contributed by atoms with E-state index in [-0.39, 0.29) is 28.3 Å². The van der Waals surface area contributed by atoms with E-state index >= 15 is 0 Å². The lowest BCUT2D eigenvalue weighted by atomic mass is 10.1. The van der Waals surface area contributed by atoms with Crippen molar-refractivity contribution in [2.24, 2.45) is 0 Å². The predicted molar refractivity (Wildman–Crippen MR) is 109 cm³/mol. The first kappa shape index (κ1) is 20.3. The van der Waals surface area contributed by atoms with Crippen molar-refractivity contribution in [1.29, 1.82) is 0 Å². The Hall–Kier alpha value is -2.45. The Labute approximate surface area is 163 Å². The molecule has 1 atom stereocenters. The highest BCUT2D eigenvalue weighted by molar-refractivity contribution is 5.47.